The van der Waals surface area contributed by atoms with Crippen LogP contribution in [0, 0.1) is 6.92 Å². The zero-order chi connectivity index (χ0) is 6.69. The van der Waals surface area contributed by atoms with Crippen LogP contribution in [0.15, 0.2) is 24.3 Å². The van der Waals surface area contributed by atoms with E-state index in [1.807, 2.05) is 24.3 Å². The number of benzene rings is 1. The Morgan fingerprint density at radius 3 is 2.00 bits per heavy atom. The van der Waals surface area contributed by atoms with Crippen LogP contribution in [-0.4, -0.2) is 7.11 Å². The smallest absolute Gasteiger partial charge is 0.118 e. The number of hydrogen-bond acceptors (Lipinski definition) is 1. The first-order valence-corrected chi connectivity index (χ1v) is 2.93. The first-order valence-electron chi connectivity index (χ1n) is 2.93. The highest BCUT2D eigenvalue weighted by Gasteiger charge is 1.85. The fraction of sp³-hybridized carbons (Fsp3) is 0.250. The number of methoxy groups -OCH3 is 1. The molecule has 1 rings (SSSR count). The maximum Gasteiger partial charge on any atom is 0.118 e. The summed E-state index contributed by atoms with van der Waals surface area (Å²) in [6.07, 6.45) is 0. The zero-order valence-corrected chi connectivity index (χ0v) is 6.94. The molecule has 1 aromatic carbocycles. The van der Waals surface area contributed by atoms with Crippen LogP contribution < -0.4 is 4.74 Å². The van der Waals surface area contributed by atoms with Crippen molar-refractivity contribution in [3.8, 4) is 5.75 Å². The number of hydrogen-bond donors (Lipinski definition) is 0. The van der Waals surface area contributed by atoms with Crippen molar-refractivity contribution in [3.05, 3.63) is 29.8 Å². The number of aryl methyl sites for hydroxylation is 1. The molecule has 0 bridgehead atoms. The van der Waals surface area contributed by atoms with E-state index >= 15 is 0 Å². The molecule has 0 aromatic heterocycles. The van der Waals surface area contributed by atoms with Gasteiger partial charge in [0.1, 0.15) is 5.75 Å². The molecule has 0 heterocycles. The molecule has 0 radical (unpaired) electrons. The van der Waals surface area contributed by atoms with E-state index in [2.05, 4.69) is 6.92 Å². The Bertz CT molecular complexity index is 181. The van der Waals surface area contributed by atoms with E-state index in [9.17, 15) is 0 Å². The van der Waals surface area contributed by atoms with Crippen molar-refractivity contribution in [2.45, 2.75) is 6.92 Å². The molecular formula is C8H11ClO. The molecule has 2 heteroatoms. The summed E-state index contributed by atoms with van der Waals surface area (Å²) in [6, 6.07) is 7.96. The Balaban J connectivity index is 0.000000810. The molecule has 0 aliphatic heterocycles. The van der Waals surface area contributed by atoms with Gasteiger partial charge in [-0.15, -0.1) is 12.4 Å². The molecule has 0 N–H and O–H groups in total. The molecule has 0 unspecified atom stereocenters. The Hall–Kier alpha value is -0.690. The summed E-state index contributed by atoms with van der Waals surface area (Å²) in [5.41, 5.74) is 1.26. The van der Waals surface area contributed by atoms with Gasteiger partial charge in [-0.25, -0.2) is 0 Å². The molecule has 0 atom stereocenters. The molecule has 0 aliphatic rings. The molecule has 0 fully saturated rings. The second kappa shape index (κ2) is 4.18. The van der Waals surface area contributed by atoms with Crippen LogP contribution >= 0.6 is 12.4 Å². The Labute approximate surface area is 67.4 Å². The molecule has 1 nitrogen and oxygen atoms in total. The molecule has 0 aliphatic carbocycles. The van der Waals surface area contributed by atoms with Gasteiger partial charge in [0.15, 0.2) is 0 Å². The van der Waals surface area contributed by atoms with Gasteiger partial charge in [-0.2, -0.15) is 0 Å². The van der Waals surface area contributed by atoms with Gasteiger partial charge in [0.2, 0.25) is 0 Å². The standard InChI is InChI=1S/C8H10O.ClH/c1-7-3-5-8(9-2)6-4-7;/h3-6H,1-2H3;1H. The largest absolute Gasteiger partial charge is 0.497 e. The number of ether oxygens (including phenoxy) is 1. The van der Waals surface area contributed by atoms with E-state index in [1.54, 1.807) is 7.11 Å². The summed E-state index contributed by atoms with van der Waals surface area (Å²) in [7, 11) is 1.67. The van der Waals surface area contributed by atoms with Gasteiger partial charge in [0.05, 0.1) is 7.11 Å². The monoisotopic (exact) mass is 158 g/mol. The van der Waals surface area contributed by atoms with E-state index in [0.717, 1.165) is 5.75 Å². The van der Waals surface area contributed by atoms with Crippen LogP contribution in [0.4, 0.5) is 0 Å². The van der Waals surface area contributed by atoms with E-state index in [1.165, 1.54) is 5.56 Å². The Morgan fingerprint density at radius 1 is 1.10 bits per heavy atom. The van der Waals surface area contributed by atoms with Gasteiger partial charge in [-0.3, -0.25) is 0 Å². The third kappa shape index (κ3) is 2.28. The van der Waals surface area contributed by atoms with Gasteiger partial charge in [-0.05, 0) is 19.1 Å². The van der Waals surface area contributed by atoms with Gasteiger partial charge in [-0.1, -0.05) is 17.7 Å². The van der Waals surface area contributed by atoms with Crippen molar-refractivity contribution < 1.29 is 4.74 Å². The van der Waals surface area contributed by atoms with Crippen LogP contribution in [0.2, 0.25) is 0 Å². The zero-order valence-electron chi connectivity index (χ0n) is 6.13. The van der Waals surface area contributed by atoms with Gasteiger partial charge in [0.25, 0.3) is 0 Å². The predicted octanol–water partition coefficient (Wildman–Crippen LogP) is 2.43. The van der Waals surface area contributed by atoms with E-state index in [0.29, 0.717) is 0 Å². The highest BCUT2D eigenvalue weighted by atomic mass is 35.5. The van der Waals surface area contributed by atoms with E-state index < -0.39 is 0 Å². The minimum Gasteiger partial charge on any atom is -0.497 e. The van der Waals surface area contributed by atoms with Crippen molar-refractivity contribution in [1.82, 2.24) is 0 Å². The number of halogens is 1. The predicted molar refractivity (Wildman–Crippen MR) is 45.0 cm³/mol. The van der Waals surface area contributed by atoms with Crippen molar-refractivity contribution in [2.75, 3.05) is 7.11 Å². The molecule has 1 aromatic rings. The lowest BCUT2D eigenvalue weighted by Gasteiger charge is -1.97. The summed E-state index contributed by atoms with van der Waals surface area (Å²) < 4.78 is 4.97. The van der Waals surface area contributed by atoms with Gasteiger partial charge >= 0.3 is 0 Å². The summed E-state index contributed by atoms with van der Waals surface area (Å²) in [4.78, 5) is 0. The quantitative estimate of drug-likeness (QED) is 0.610. The van der Waals surface area contributed by atoms with E-state index in [4.69, 9.17) is 4.74 Å². The molecule has 0 spiro atoms. The normalized spacial score (nSPS) is 8.20. The maximum absolute atomic E-state index is 4.97. The average molecular weight is 159 g/mol. The average Bonchev–Trinajstić information content (AvgIpc) is 1.90. The first kappa shape index (κ1) is 9.31. The maximum atomic E-state index is 4.97. The molecule has 0 amide bonds. The van der Waals surface area contributed by atoms with Crippen LogP contribution in [0.1, 0.15) is 5.56 Å². The Morgan fingerprint density at radius 2 is 1.60 bits per heavy atom. The van der Waals surface area contributed by atoms with Crippen LogP contribution in [-0.2, 0) is 0 Å². The van der Waals surface area contributed by atoms with Crippen LogP contribution in [0.3, 0.4) is 0 Å². The van der Waals surface area contributed by atoms with E-state index in [-0.39, 0.29) is 12.4 Å². The molecular weight excluding hydrogens is 148 g/mol. The number of rotatable bonds is 1. The fourth-order valence-corrected chi connectivity index (χ4v) is 0.674. The summed E-state index contributed by atoms with van der Waals surface area (Å²) in [6.45, 7) is 2.06. The van der Waals surface area contributed by atoms with Crippen molar-refractivity contribution in [1.29, 1.82) is 0 Å². The molecule has 10 heavy (non-hydrogen) atoms. The second-order valence-electron chi connectivity index (χ2n) is 2.02. The highest BCUT2D eigenvalue weighted by Crippen LogP contribution is 2.09. The summed E-state index contributed by atoms with van der Waals surface area (Å²) in [5, 5.41) is 0. The summed E-state index contributed by atoms with van der Waals surface area (Å²) in [5.74, 6) is 0.917. The lowest BCUT2D eigenvalue weighted by molar-refractivity contribution is 0.414. The molecule has 0 saturated carbocycles. The summed E-state index contributed by atoms with van der Waals surface area (Å²) >= 11 is 0. The van der Waals surface area contributed by atoms with Crippen LogP contribution in [0.25, 0.3) is 0 Å². The molecule has 56 valence electrons. The minimum absolute atomic E-state index is 0. The second-order valence-corrected chi connectivity index (χ2v) is 2.02. The minimum atomic E-state index is 0. The highest BCUT2D eigenvalue weighted by molar-refractivity contribution is 5.85. The van der Waals surface area contributed by atoms with Crippen molar-refractivity contribution in [3.63, 3.8) is 0 Å². The van der Waals surface area contributed by atoms with Gasteiger partial charge < -0.3 is 4.74 Å². The van der Waals surface area contributed by atoms with Crippen molar-refractivity contribution >= 4 is 12.4 Å². The lowest BCUT2D eigenvalue weighted by Crippen LogP contribution is -1.80. The SMILES string of the molecule is COc1ccc(C)cc1.Cl. The van der Waals surface area contributed by atoms with Crippen LogP contribution in [0.5, 0.6) is 5.75 Å². The first-order chi connectivity index (χ1) is 4.33. The molecule has 0 saturated heterocycles. The Kier molecular flexibility index (Phi) is 3.89. The van der Waals surface area contributed by atoms with Gasteiger partial charge in [0, 0.05) is 0 Å². The fourth-order valence-electron chi connectivity index (χ4n) is 0.674. The van der Waals surface area contributed by atoms with Crippen molar-refractivity contribution in [2.24, 2.45) is 0 Å². The lowest BCUT2D eigenvalue weighted by atomic mass is 10.2. The third-order valence-corrected chi connectivity index (χ3v) is 1.26. The topological polar surface area (TPSA) is 9.23 Å². The third-order valence-electron chi connectivity index (χ3n) is 1.26.